The molecule has 0 amide bonds. The Morgan fingerprint density at radius 3 is 2.94 bits per heavy atom. The molecule has 1 aromatic rings. The summed E-state index contributed by atoms with van der Waals surface area (Å²) in [5.74, 6) is 0.951. The molecule has 1 nitrogen and oxygen atoms in total. The summed E-state index contributed by atoms with van der Waals surface area (Å²) in [5.41, 5.74) is 1.65. The Kier molecular flexibility index (Phi) is 3.27. The van der Waals surface area contributed by atoms with Crippen molar-refractivity contribution in [1.29, 1.82) is 0 Å². The Morgan fingerprint density at radius 2 is 2.24 bits per heavy atom. The van der Waals surface area contributed by atoms with Crippen LogP contribution in [0.4, 0.5) is 0 Å². The van der Waals surface area contributed by atoms with Crippen LogP contribution in [0, 0.1) is 5.92 Å². The van der Waals surface area contributed by atoms with E-state index in [0.29, 0.717) is 6.04 Å². The van der Waals surface area contributed by atoms with E-state index in [0.717, 1.165) is 12.0 Å². The molecule has 3 atom stereocenters. The summed E-state index contributed by atoms with van der Waals surface area (Å²) in [5, 5.41) is 3.79. The van der Waals surface area contributed by atoms with Gasteiger partial charge in [0.25, 0.3) is 0 Å². The van der Waals surface area contributed by atoms with E-state index >= 15 is 0 Å². The third-order valence-electron chi connectivity index (χ3n) is 4.35. The summed E-state index contributed by atoms with van der Waals surface area (Å²) in [6.07, 6.45) is 8.17. The third kappa shape index (κ3) is 2.43. The van der Waals surface area contributed by atoms with Crippen molar-refractivity contribution in [3.05, 3.63) is 21.4 Å². The van der Waals surface area contributed by atoms with Gasteiger partial charge in [0.15, 0.2) is 0 Å². The summed E-state index contributed by atoms with van der Waals surface area (Å²) in [4.78, 5) is 3.24. The summed E-state index contributed by atoms with van der Waals surface area (Å²) in [7, 11) is 0. The number of rotatable bonds is 4. The highest BCUT2D eigenvalue weighted by Gasteiger charge is 2.36. The lowest BCUT2D eigenvalue weighted by atomic mass is 9.99. The minimum atomic E-state index is 0.562. The summed E-state index contributed by atoms with van der Waals surface area (Å²) in [6.45, 7) is 4.64. The SMILES string of the molecule is CCC1CC1NC(C)c1cc2c(s1)CCCC2. The third-order valence-corrected chi connectivity index (χ3v) is 5.77. The molecule has 2 aliphatic carbocycles. The summed E-state index contributed by atoms with van der Waals surface area (Å²) < 4.78 is 0. The molecule has 0 saturated heterocycles. The molecule has 2 aliphatic rings. The van der Waals surface area contributed by atoms with E-state index in [1.54, 1.807) is 15.3 Å². The van der Waals surface area contributed by atoms with Gasteiger partial charge in [0.1, 0.15) is 0 Å². The van der Waals surface area contributed by atoms with Crippen molar-refractivity contribution in [2.75, 3.05) is 0 Å². The molecular formula is C15H23NS. The molecule has 0 spiro atoms. The number of hydrogen-bond donors (Lipinski definition) is 1. The fourth-order valence-electron chi connectivity index (χ4n) is 3.03. The van der Waals surface area contributed by atoms with E-state index in [1.807, 2.05) is 0 Å². The second-order valence-electron chi connectivity index (χ2n) is 5.70. The molecule has 1 fully saturated rings. The first kappa shape index (κ1) is 11.7. The average Bonchev–Trinajstić information content (AvgIpc) is 2.94. The predicted octanol–water partition coefficient (Wildman–Crippen LogP) is 4.08. The van der Waals surface area contributed by atoms with Crippen LogP contribution in [0.1, 0.15) is 60.9 Å². The van der Waals surface area contributed by atoms with Gasteiger partial charge in [-0.2, -0.15) is 0 Å². The molecule has 2 heteroatoms. The molecule has 1 N–H and O–H groups in total. The topological polar surface area (TPSA) is 12.0 Å². The summed E-state index contributed by atoms with van der Waals surface area (Å²) in [6, 6.07) is 3.83. The predicted molar refractivity (Wildman–Crippen MR) is 74.7 cm³/mol. The van der Waals surface area contributed by atoms with Crippen molar-refractivity contribution in [2.24, 2.45) is 5.92 Å². The molecule has 3 rings (SSSR count). The Labute approximate surface area is 109 Å². The Balaban J connectivity index is 1.65. The van der Waals surface area contributed by atoms with Crippen LogP contribution in [0.3, 0.4) is 0 Å². The fraction of sp³-hybridized carbons (Fsp3) is 0.733. The quantitative estimate of drug-likeness (QED) is 0.848. The zero-order valence-corrected chi connectivity index (χ0v) is 11.8. The molecule has 0 aromatic carbocycles. The van der Waals surface area contributed by atoms with E-state index in [9.17, 15) is 0 Å². The number of fused-ring (bicyclic) bond motifs is 1. The van der Waals surface area contributed by atoms with Crippen LogP contribution in [0.15, 0.2) is 6.07 Å². The van der Waals surface area contributed by atoms with E-state index in [-0.39, 0.29) is 0 Å². The van der Waals surface area contributed by atoms with Gasteiger partial charge >= 0.3 is 0 Å². The van der Waals surface area contributed by atoms with Crippen LogP contribution in [0.25, 0.3) is 0 Å². The molecule has 1 saturated carbocycles. The van der Waals surface area contributed by atoms with Crippen LogP contribution in [0.2, 0.25) is 0 Å². The second-order valence-corrected chi connectivity index (χ2v) is 6.87. The molecule has 0 aliphatic heterocycles. The number of nitrogens with one attached hydrogen (secondary N) is 1. The van der Waals surface area contributed by atoms with Crippen LogP contribution in [0.5, 0.6) is 0 Å². The highest BCUT2D eigenvalue weighted by atomic mass is 32.1. The maximum absolute atomic E-state index is 3.79. The zero-order chi connectivity index (χ0) is 11.8. The maximum atomic E-state index is 3.79. The van der Waals surface area contributed by atoms with E-state index in [2.05, 4.69) is 36.6 Å². The van der Waals surface area contributed by atoms with Crippen LogP contribution in [-0.2, 0) is 12.8 Å². The van der Waals surface area contributed by atoms with E-state index in [4.69, 9.17) is 0 Å². The average molecular weight is 249 g/mol. The molecule has 0 bridgehead atoms. The van der Waals surface area contributed by atoms with Crippen molar-refractivity contribution >= 4 is 11.3 Å². The van der Waals surface area contributed by atoms with Gasteiger partial charge in [-0.15, -0.1) is 11.3 Å². The molecule has 94 valence electrons. The van der Waals surface area contributed by atoms with Gasteiger partial charge in [0, 0.05) is 21.8 Å². The van der Waals surface area contributed by atoms with Crippen molar-refractivity contribution in [2.45, 2.75) is 64.5 Å². The molecule has 1 heterocycles. The zero-order valence-electron chi connectivity index (χ0n) is 11.0. The van der Waals surface area contributed by atoms with Gasteiger partial charge in [-0.05, 0) is 56.6 Å². The van der Waals surface area contributed by atoms with Crippen molar-refractivity contribution in [3.8, 4) is 0 Å². The van der Waals surface area contributed by atoms with Gasteiger partial charge in [-0.25, -0.2) is 0 Å². The Bertz CT molecular complexity index is 372. The summed E-state index contributed by atoms with van der Waals surface area (Å²) >= 11 is 2.06. The molecule has 17 heavy (non-hydrogen) atoms. The van der Waals surface area contributed by atoms with E-state index in [1.165, 1.54) is 38.5 Å². The first-order valence-corrected chi connectivity index (χ1v) is 7.97. The van der Waals surface area contributed by atoms with Gasteiger partial charge < -0.3 is 5.32 Å². The van der Waals surface area contributed by atoms with Gasteiger partial charge in [-0.3, -0.25) is 0 Å². The van der Waals surface area contributed by atoms with Crippen molar-refractivity contribution in [1.82, 2.24) is 5.32 Å². The highest BCUT2D eigenvalue weighted by Crippen LogP contribution is 2.37. The minimum Gasteiger partial charge on any atom is -0.306 e. The number of thiophene rings is 1. The monoisotopic (exact) mass is 249 g/mol. The van der Waals surface area contributed by atoms with Crippen molar-refractivity contribution in [3.63, 3.8) is 0 Å². The lowest BCUT2D eigenvalue weighted by molar-refractivity contribution is 0.545. The Hall–Kier alpha value is -0.340. The first-order chi connectivity index (χ1) is 8.28. The van der Waals surface area contributed by atoms with Crippen LogP contribution < -0.4 is 5.32 Å². The lowest BCUT2D eigenvalue weighted by Gasteiger charge is -2.11. The minimum absolute atomic E-state index is 0.562. The standard InChI is InChI=1S/C15H23NS/c1-3-11-8-13(11)16-10(2)15-9-12-6-4-5-7-14(12)17-15/h9-11,13,16H,3-8H2,1-2H3. The van der Waals surface area contributed by atoms with Crippen molar-refractivity contribution < 1.29 is 0 Å². The van der Waals surface area contributed by atoms with Gasteiger partial charge in [0.2, 0.25) is 0 Å². The fourth-order valence-corrected chi connectivity index (χ4v) is 4.30. The molecule has 3 unspecified atom stereocenters. The number of aryl methyl sites for hydroxylation is 2. The normalized spacial score (nSPS) is 28.8. The van der Waals surface area contributed by atoms with Crippen LogP contribution >= 0.6 is 11.3 Å². The molecule has 0 radical (unpaired) electrons. The van der Waals surface area contributed by atoms with Gasteiger partial charge in [0.05, 0.1) is 0 Å². The second kappa shape index (κ2) is 4.74. The van der Waals surface area contributed by atoms with Crippen LogP contribution in [-0.4, -0.2) is 6.04 Å². The highest BCUT2D eigenvalue weighted by molar-refractivity contribution is 7.12. The molecule has 1 aromatic heterocycles. The number of hydrogen-bond acceptors (Lipinski definition) is 2. The maximum Gasteiger partial charge on any atom is 0.0388 e. The lowest BCUT2D eigenvalue weighted by Crippen LogP contribution is -2.21. The smallest absolute Gasteiger partial charge is 0.0388 e. The Morgan fingerprint density at radius 1 is 1.41 bits per heavy atom. The van der Waals surface area contributed by atoms with Gasteiger partial charge in [-0.1, -0.05) is 13.3 Å². The van der Waals surface area contributed by atoms with E-state index < -0.39 is 0 Å². The molecular weight excluding hydrogens is 226 g/mol. The first-order valence-electron chi connectivity index (χ1n) is 7.15. The largest absolute Gasteiger partial charge is 0.306 e.